The normalized spacial score (nSPS) is 11.3. The summed E-state index contributed by atoms with van der Waals surface area (Å²) in [5.41, 5.74) is 0.231. The third-order valence-corrected chi connectivity index (χ3v) is 5.17. The smallest absolute Gasteiger partial charge is 0.327 e. The van der Waals surface area contributed by atoms with Crippen LogP contribution in [0.25, 0.3) is 0 Å². The van der Waals surface area contributed by atoms with E-state index in [1.54, 1.807) is 26.0 Å². The molecule has 0 bridgehead atoms. The van der Waals surface area contributed by atoms with E-state index in [-0.39, 0.29) is 16.7 Å². The van der Waals surface area contributed by atoms with E-state index in [0.717, 1.165) is 28.6 Å². The van der Waals surface area contributed by atoms with Crippen molar-refractivity contribution in [2.45, 2.75) is 24.8 Å². The number of ether oxygens (including phenoxy) is 2. The lowest BCUT2D eigenvalue weighted by molar-refractivity contribution is -0.145. The molecule has 6 nitrogen and oxygen atoms in total. The molecule has 0 N–H and O–H groups in total. The minimum Gasteiger partial charge on any atom is -0.497 e. The molecule has 0 fully saturated rings. The fourth-order valence-corrected chi connectivity index (χ4v) is 3.63. The van der Waals surface area contributed by atoms with Crippen LogP contribution in [0.3, 0.4) is 0 Å². The maximum Gasteiger partial charge on any atom is 0.327 e. The molecule has 140 valence electrons. The summed E-state index contributed by atoms with van der Waals surface area (Å²) in [4.78, 5) is 12.0. The van der Waals surface area contributed by atoms with Gasteiger partial charge in [-0.2, -0.15) is 0 Å². The molecule has 0 radical (unpaired) electrons. The van der Waals surface area contributed by atoms with Crippen LogP contribution in [0.5, 0.6) is 5.75 Å². The summed E-state index contributed by atoms with van der Waals surface area (Å²) >= 11 is 0. The summed E-state index contributed by atoms with van der Waals surface area (Å²) in [6, 6.07) is 10.7. The van der Waals surface area contributed by atoms with Gasteiger partial charge in [-0.3, -0.25) is 9.10 Å². The van der Waals surface area contributed by atoms with Crippen LogP contribution in [0, 0.1) is 5.82 Å². The van der Waals surface area contributed by atoms with E-state index in [0.29, 0.717) is 5.75 Å². The molecular formula is C18H20FNO5S. The van der Waals surface area contributed by atoms with Gasteiger partial charge in [-0.1, -0.05) is 6.07 Å². The Morgan fingerprint density at radius 1 is 1.15 bits per heavy atom. The van der Waals surface area contributed by atoms with E-state index in [1.165, 1.54) is 19.2 Å². The molecule has 0 heterocycles. The second kappa shape index (κ2) is 8.18. The summed E-state index contributed by atoms with van der Waals surface area (Å²) in [6.45, 7) is 2.82. The Kier molecular flexibility index (Phi) is 6.20. The average Bonchev–Trinajstić information content (AvgIpc) is 2.59. The van der Waals surface area contributed by atoms with E-state index in [4.69, 9.17) is 9.47 Å². The monoisotopic (exact) mass is 381 g/mol. The van der Waals surface area contributed by atoms with Crippen molar-refractivity contribution in [3.05, 3.63) is 54.3 Å². The van der Waals surface area contributed by atoms with Crippen LogP contribution in [0.1, 0.15) is 13.8 Å². The molecule has 0 atom stereocenters. The molecular weight excluding hydrogens is 361 g/mol. The van der Waals surface area contributed by atoms with Gasteiger partial charge >= 0.3 is 5.97 Å². The van der Waals surface area contributed by atoms with E-state index in [2.05, 4.69) is 0 Å². The van der Waals surface area contributed by atoms with Gasteiger partial charge in [-0.15, -0.1) is 0 Å². The number of esters is 1. The lowest BCUT2D eigenvalue weighted by Crippen LogP contribution is -2.37. The van der Waals surface area contributed by atoms with E-state index >= 15 is 0 Å². The van der Waals surface area contributed by atoms with Gasteiger partial charge in [0.25, 0.3) is 10.0 Å². The lowest BCUT2D eigenvalue weighted by Gasteiger charge is -2.24. The molecule has 0 unspecified atom stereocenters. The first-order chi connectivity index (χ1) is 12.2. The molecule has 2 aromatic carbocycles. The Morgan fingerprint density at radius 3 is 2.38 bits per heavy atom. The maximum atomic E-state index is 13.2. The first-order valence-corrected chi connectivity index (χ1v) is 9.30. The number of anilines is 1. The van der Waals surface area contributed by atoms with Crippen molar-refractivity contribution in [3.63, 3.8) is 0 Å². The van der Waals surface area contributed by atoms with Crippen molar-refractivity contribution in [2.24, 2.45) is 0 Å². The Labute approximate surface area is 152 Å². The van der Waals surface area contributed by atoms with Gasteiger partial charge in [0.15, 0.2) is 0 Å². The average molecular weight is 381 g/mol. The van der Waals surface area contributed by atoms with Crippen LogP contribution in [-0.2, 0) is 19.6 Å². The highest BCUT2D eigenvalue weighted by Gasteiger charge is 2.28. The number of halogens is 1. The van der Waals surface area contributed by atoms with Crippen molar-refractivity contribution in [1.82, 2.24) is 0 Å². The quantitative estimate of drug-likeness (QED) is 0.690. The summed E-state index contributed by atoms with van der Waals surface area (Å²) in [5, 5.41) is 0. The van der Waals surface area contributed by atoms with Crippen molar-refractivity contribution in [2.75, 3.05) is 18.0 Å². The van der Waals surface area contributed by atoms with Gasteiger partial charge in [0.2, 0.25) is 0 Å². The van der Waals surface area contributed by atoms with Crippen LogP contribution in [0.4, 0.5) is 10.1 Å². The molecule has 0 saturated heterocycles. The molecule has 0 amide bonds. The standard InChI is InChI=1S/C18H20FNO5S/c1-13(2)25-18(21)12-20(15-5-4-6-16(11-15)24-3)26(22,23)17-9-7-14(19)8-10-17/h4-11,13H,12H2,1-3H3. The highest BCUT2D eigenvalue weighted by molar-refractivity contribution is 7.92. The molecule has 2 aromatic rings. The van der Waals surface area contributed by atoms with Gasteiger partial charge in [-0.25, -0.2) is 12.8 Å². The SMILES string of the molecule is COc1cccc(N(CC(=O)OC(C)C)S(=O)(=O)c2ccc(F)cc2)c1. The molecule has 0 aromatic heterocycles. The van der Waals surface area contributed by atoms with Crippen LogP contribution >= 0.6 is 0 Å². The number of nitrogens with zero attached hydrogens (tertiary/aromatic N) is 1. The largest absolute Gasteiger partial charge is 0.497 e. The molecule has 0 saturated carbocycles. The van der Waals surface area contributed by atoms with Gasteiger partial charge in [0.05, 0.1) is 23.8 Å². The van der Waals surface area contributed by atoms with Gasteiger partial charge in [0.1, 0.15) is 18.1 Å². The molecule has 0 spiro atoms. The number of benzene rings is 2. The van der Waals surface area contributed by atoms with Crippen molar-refractivity contribution in [1.29, 1.82) is 0 Å². The fraction of sp³-hybridized carbons (Fsp3) is 0.278. The van der Waals surface area contributed by atoms with Crippen molar-refractivity contribution in [3.8, 4) is 5.75 Å². The number of carbonyl (C=O) groups excluding carboxylic acids is 1. The Morgan fingerprint density at radius 2 is 1.81 bits per heavy atom. The zero-order chi connectivity index (χ0) is 19.3. The summed E-state index contributed by atoms with van der Waals surface area (Å²) in [5.74, 6) is -0.830. The number of hydrogen-bond acceptors (Lipinski definition) is 5. The third-order valence-electron chi connectivity index (χ3n) is 3.38. The molecule has 0 aliphatic rings. The number of sulfonamides is 1. The van der Waals surface area contributed by atoms with E-state index < -0.39 is 28.4 Å². The predicted octanol–water partition coefficient (Wildman–Crippen LogP) is 2.98. The van der Waals surface area contributed by atoms with Gasteiger partial charge in [-0.05, 0) is 50.2 Å². The highest BCUT2D eigenvalue weighted by Crippen LogP contribution is 2.27. The Balaban J connectivity index is 2.48. The van der Waals surface area contributed by atoms with Crippen LogP contribution < -0.4 is 9.04 Å². The minimum atomic E-state index is -4.12. The van der Waals surface area contributed by atoms with Crippen molar-refractivity contribution >= 4 is 21.7 Å². The molecule has 0 aliphatic carbocycles. The summed E-state index contributed by atoms with van der Waals surface area (Å²) in [7, 11) is -2.67. The van der Waals surface area contributed by atoms with Crippen LogP contribution in [0.2, 0.25) is 0 Å². The lowest BCUT2D eigenvalue weighted by atomic mass is 10.3. The fourth-order valence-electron chi connectivity index (χ4n) is 2.23. The number of methoxy groups -OCH3 is 1. The van der Waals surface area contributed by atoms with Crippen LogP contribution in [0.15, 0.2) is 53.4 Å². The van der Waals surface area contributed by atoms with Gasteiger partial charge < -0.3 is 9.47 Å². The molecule has 26 heavy (non-hydrogen) atoms. The van der Waals surface area contributed by atoms with Gasteiger partial charge in [0, 0.05) is 6.07 Å². The van der Waals surface area contributed by atoms with Crippen molar-refractivity contribution < 1.29 is 27.1 Å². The second-order valence-electron chi connectivity index (χ2n) is 5.71. The zero-order valence-electron chi connectivity index (χ0n) is 14.7. The second-order valence-corrected chi connectivity index (χ2v) is 7.57. The maximum absolute atomic E-state index is 13.2. The summed E-state index contributed by atoms with van der Waals surface area (Å²) in [6.07, 6.45) is -0.386. The number of carbonyl (C=O) groups is 1. The van der Waals surface area contributed by atoms with E-state index in [9.17, 15) is 17.6 Å². The topological polar surface area (TPSA) is 72.9 Å². The summed E-state index contributed by atoms with van der Waals surface area (Å²) < 4.78 is 50.3. The first-order valence-electron chi connectivity index (χ1n) is 7.86. The Hall–Kier alpha value is -2.61. The third kappa shape index (κ3) is 4.72. The molecule has 0 aliphatic heterocycles. The first kappa shape index (κ1) is 19.7. The number of rotatable bonds is 7. The van der Waals surface area contributed by atoms with E-state index in [1.807, 2.05) is 0 Å². The Bertz CT molecular complexity index is 865. The predicted molar refractivity (Wildman–Crippen MR) is 95.2 cm³/mol. The molecule has 2 rings (SSSR count). The van der Waals surface area contributed by atoms with Crippen LogP contribution in [-0.4, -0.2) is 34.1 Å². The molecule has 8 heteroatoms. The minimum absolute atomic E-state index is 0.140. The zero-order valence-corrected chi connectivity index (χ0v) is 15.5. The highest BCUT2D eigenvalue weighted by atomic mass is 32.2. The number of hydrogen-bond donors (Lipinski definition) is 0.